The highest BCUT2D eigenvalue weighted by atomic mass is 16.5. The van der Waals surface area contributed by atoms with E-state index in [4.69, 9.17) is 9.47 Å². The van der Waals surface area contributed by atoms with Gasteiger partial charge in [-0.1, -0.05) is 44.2 Å². The van der Waals surface area contributed by atoms with E-state index < -0.39 is 0 Å². The number of hydrogen-bond donors (Lipinski definition) is 2. The molecule has 4 fully saturated rings. The maximum absolute atomic E-state index is 6.79. The van der Waals surface area contributed by atoms with Gasteiger partial charge in [-0.05, 0) is 74.1 Å². The lowest BCUT2D eigenvalue weighted by Crippen LogP contribution is -2.52. The highest BCUT2D eigenvalue weighted by Gasteiger charge is 2.44. The van der Waals surface area contributed by atoms with Crippen molar-refractivity contribution in [2.45, 2.75) is 88.5 Å². The van der Waals surface area contributed by atoms with E-state index in [0.717, 1.165) is 30.7 Å². The molecule has 0 radical (unpaired) electrons. The van der Waals surface area contributed by atoms with E-state index in [9.17, 15) is 0 Å². The summed E-state index contributed by atoms with van der Waals surface area (Å²) in [6, 6.07) is 8.73. The van der Waals surface area contributed by atoms with Crippen LogP contribution in [0.2, 0.25) is 0 Å². The van der Waals surface area contributed by atoms with Crippen molar-refractivity contribution in [2.75, 3.05) is 20.2 Å². The molecule has 1 aromatic rings. The van der Waals surface area contributed by atoms with E-state index in [1.54, 1.807) is 7.11 Å². The maximum Gasteiger partial charge on any atom is 0.119 e. The molecule has 2 heterocycles. The van der Waals surface area contributed by atoms with Gasteiger partial charge in [0.05, 0.1) is 25.5 Å². The van der Waals surface area contributed by atoms with Gasteiger partial charge in [0, 0.05) is 12.5 Å². The number of rotatable bonds is 5. The molecule has 0 aromatic heterocycles. The SMILES string of the molecule is COc1cccc(C2CNC3NCC(C4CCCCC4OC4CCCCC4)CC32)c1. The fraction of sp³-hybridized carbons (Fsp3) is 0.769. The molecule has 4 aliphatic rings. The summed E-state index contributed by atoms with van der Waals surface area (Å²) in [5, 5.41) is 7.64. The molecule has 0 spiro atoms. The van der Waals surface area contributed by atoms with Crippen molar-refractivity contribution >= 4 is 0 Å². The van der Waals surface area contributed by atoms with Gasteiger partial charge in [0.15, 0.2) is 0 Å². The van der Waals surface area contributed by atoms with Crippen LogP contribution < -0.4 is 15.4 Å². The van der Waals surface area contributed by atoms with Crippen LogP contribution in [0.4, 0.5) is 0 Å². The molecule has 1 aromatic carbocycles. The molecular formula is C26H40N2O2. The van der Waals surface area contributed by atoms with Crippen molar-refractivity contribution in [3.05, 3.63) is 29.8 Å². The Labute approximate surface area is 182 Å². The fourth-order valence-electron chi connectivity index (χ4n) is 6.87. The third-order valence-corrected chi connectivity index (χ3v) is 8.48. The molecule has 6 atom stereocenters. The largest absolute Gasteiger partial charge is 0.497 e. The molecule has 4 nitrogen and oxygen atoms in total. The van der Waals surface area contributed by atoms with E-state index in [2.05, 4.69) is 34.9 Å². The number of hydrogen-bond acceptors (Lipinski definition) is 4. The molecule has 5 rings (SSSR count). The number of nitrogens with one attached hydrogen (secondary N) is 2. The van der Waals surface area contributed by atoms with Gasteiger partial charge in [-0.2, -0.15) is 0 Å². The second-order valence-corrected chi connectivity index (χ2v) is 10.2. The minimum atomic E-state index is 0.457. The fourth-order valence-corrected chi connectivity index (χ4v) is 6.87. The highest BCUT2D eigenvalue weighted by molar-refractivity contribution is 5.32. The Bertz CT molecular complexity index is 689. The molecular weight excluding hydrogens is 372 g/mol. The lowest BCUT2D eigenvalue weighted by molar-refractivity contribution is -0.0901. The Morgan fingerprint density at radius 2 is 1.67 bits per heavy atom. The minimum absolute atomic E-state index is 0.457. The third kappa shape index (κ3) is 4.42. The maximum atomic E-state index is 6.79. The first-order valence-electron chi connectivity index (χ1n) is 12.6. The lowest BCUT2D eigenvalue weighted by atomic mass is 9.70. The lowest BCUT2D eigenvalue weighted by Gasteiger charge is -2.44. The summed E-state index contributed by atoms with van der Waals surface area (Å²) >= 11 is 0. The van der Waals surface area contributed by atoms with Gasteiger partial charge in [0.25, 0.3) is 0 Å². The predicted molar refractivity (Wildman–Crippen MR) is 121 cm³/mol. The summed E-state index contributed by atoms with van der Waals surface area (Å²) in [5.41, 5.74) is 1.43. The smallest absolute Gasteiger partial charge is 0.119 e. The van der Waals surface area contributed by atoms with Gasteiger partial charge in [0.2, 0.25) is 0 Å². The monoisotopic (exact) mass is 412 g/mol. The second-order valence-electron chi connectivity index (χ2n) is 10.2. The van der Waals surface area contributed by atoms with Crippen LogP contribution >= 0.6 is 0 Å². The molecule has 2 saturated heterocycles. The molecule has 30 heavy (non-hydrogen) atoms. The minimum Gasteiger partial charge on any atom is -0.497 e. The molecule has 0 bridgehead atoms. The van der Waals surface area contributed by atoms with Crippen LogP contribution in [0.1, 0.15) is 75.7 Å². The quantitative estimate of drug-likeness (QED) is 0.726. The van der Waals surface area contributed by atoms with Crippen LogP contribution in [-0.2, 0) is 4.74 Å². The van der Waals surface area contributed by atoms with E-state index in [0.29, 0.717) is 30.2 Å². The van der Waals surface area contributed by atoms with Crippen molar-refractivity contribution in [1.82, 2.24) is 10.6 Å². The number of ether oxygens (including phenoxy) is 2. The summed E-state index contributed by atoms with van der Waals surface area (Å²) in [4.78, 5) is 0. The van der Waals surface area contributed by atoms with Gasteiger partial charge in [0.1, 0.15) is 5.75 Å². The Balaban J connectivity index is 1.28. The van der Waals surface area contributed by atoms with Gasteiger partial charge < -0.3 is 20.1 Å². The third-order valence-electron chi connectivity index (χ3n) is 8.48. The van der Waals surface area contributed by atoms with E-state index in [-0.39, 0.29) is 0 Å². The predicted octanol–water partition coefficient (Wildman–Crippen LogP) is 4.84. The normalized spacial score (nSPS) is 37.6. The van der Waals surface area contributed by atoms with Gasteiger partial charge in [-0.15, -0.1) is 0 Å². The van der Waals surface area contributed by atoms with Crippen molar-refractivity contribution in [1.29, 1.82) is 0 Å². The second kappa shape index (κ2) is 9.58. The van der Waals surface area contributed by atoms with Crippen molar-refractivity contribution in [3.8, 4) is 5.75 Å². The van der Waals surface area contributed by atoms with Gasteiger partial charge >= 0.3 is 0 Å². The Morgan fingerprint density at radius 1 is 0.867 bits per heavy atom. The van der Waals surface area contributed by atoms with Crippen LogP contribution in [-0.4, -0.2) is 38.6 Å². The number of piperidine rings is 1. The van der Waals surface area contributed by atoms with E-state index >= 15 is 0 Å². The van der Waals surface area contributed by atoms with Crippen LogP contribution in [0, 0.1) is 17.8 Å². The van der Waals surface area contributed by atoms with Crippen LogP contribution in [0.15, 0.2) is 24.3 Å². The summed E-state index contributed by atoms with van der Waals surface area (Å²) in [6.45, 7) is 2.21. The number of fused-ring (bicyclic) bond motifs is 1. The summed E-state index contributed by atoms with van der Waals surface area (Å²) < 4.78 is 12.3. The molecule has 4 heteroatoms. The molecule has 166 valence electrons. The zero-order chi connectivity index (χ0) is 20.3. The Kier molecular flexibility index (Phi) is 6.64. The van der Waals surface area contributed by atoms with Crippen molar-refractivity contribution < 1.29 is 9.47 Å². The highest BCUT2D eigenvalue weighted by Crippen LogP contribution is 2.44. The van der Waals surface area contributed by atoms with E-state index in [1.165, 1.54) is 69.8 Å². The van der Waals surface area contributed by atoms with Crippen LogP contribution in [0.5, 0.6) is 5.75 Å². The van der Waals surface area contributed by atoms with Crippen molar-refractivity contribution in [3.63, 3.8) is 0 Å². The summed E-state index contributed by atoms with van der Waals surface area (Å²) in [5.74, 6) is 3.69. The first-order chi connectivity index (χ1) is 14.8. The first kappa shape index (κ1) is 20.8. The molecule has 2 aliphatic heterocycles. The molecule has 0 amide bonds. The van der Waals surface area contributed by atoms with Gasteiger partial charge in [-0.25, -0.2) is 0 Å². The number of methoxy groups -OCH3 is 1. The Hall–Kier alpha value is -1.10. The van der Waals surface area contributed by atoms with Gasteiger partial charge in [-0.3, -0.25) is 0 Å². The van der Waals surface area contributed by atoms with Crippen molar-refractivity contribution in [2.24, 2.45) is 17.8 Å². The van der Waals surface area contributed by atoms with Crippen LogP contribution in [0.25, 0.3) is 0 Å². The zero-order valence-electron chi connectivity index (χ0n) is 18.7. The molecule has 6 unspecified atom stereocenters. The molecule has 2 saturated carbocycles. The summed E-state index contributed by atoms with van der Waals surface area (Å²) in [6.07, 6.45) is 14.9. The Morgan fingerprint density at radius 3 is 2.53 bits per heavy atom. The average molecular weight is 413 g/mol. The first-order valence-corrected chi connectivity index (χ1v) is 12.6. The molecule has 2 aliphatic carbocycles. The molecule has 2 N–H and O–H groups in total. The van der Waals surface area contributed by atoms with Crippen LogP contribution in [0.3, 0.4) is 0 Å². The topological polar surface area (TPSA) is 42.5 Å². The average Bonchev–Trinajstić information content (AvgIpc) is 3.23. The van der Waals surface area contributed by atoms with E-state index in [1.807, 2.05) is 0 Å². The number of benzene rings is 1. The summed E-state index contributed by atoms with van der Waals surface area (Å²) in [7, 11) is 1.77. The zero-order valence-corrected chi connectivity index (χ0v) is 18.7. The standard InChI is InChI=1S/C26H40N2O2/c1-29-21-11-7-8-18(14-21)24-17-28-26-23(24)15-19(16-27-26)22-12-5-6-13-25(22)30-20-9-3-2-4-10-20/h7-8,11,14,19-20,22-28H,2-6,9-10,12-13,15-17H2,1H3.